The van der Waals surface area contributed by atoms with Crippen LogP contribution < -0.4 is 55.3 Å². The molecule has 0 saturated heterocycles. The minimum absolute atomic E-state index is 0. The molecule has 2 aromatic rings. The number of benzene rings is 2. The fourth-order valence-corrected chi connectivity index (χ4v) is 5.91. The summed E-state index contributed by atoms with van der Waals surface area (Å²) >= 11 is 0. The summed E-state index contributed by atoms with van der Waals surface area (Å²) < 4.78 is 0. The number of carbonyl (C=O) groups is 5. The third kappa shape index (κ3) is 19.9. The van der Waals surface area contributed by atoms with E-state index in [0.717, 1.165) is 16.7 Å². The average Bonchev–Trinajstić information content (AvgIpc) is 3.12. The van der Waals surface area contributed by atoms with Crippen LogP contribution in [0.3, 0.4) is 0 Å². The van der Waals surface area contributed by atoms with Crippen molar-refractivity contribution in [2.24, 2.45) is 28.7 Å². The Labute approximate surface area is 365 Å². The Morgan fingerprint density at radius 3 is 2.14 bits per heavy atom. The highest BCUT2D eigenvalue weighted by Crippen LogP contribution is 2.28. The summed E-state index contributed by atoms with van der Waals surface area (Å²) in [5.41, 5.74) is 31.9. The van der Waals surface area contributed by atoms with E-state index in [4.69, 9.17) is 28.7 Å². The van der Waals surface area contributed by atoms with Crippen LogP contribution in [0.25, 0.3) is 11.1 Å². The smallest absolute Gasteiger partial charge is 0.243 e. The first-order valence-electron chi connectivity index (χ1n) is 17.9. The Morgan fingerprint density at radius 2 is 1.47 bits per heavy atom. The molecule has 0 spiro atoms. The number of halogens is 5. The highest BCUT2D eigenvalue weighted by molar-refractivity contribution is 5.95. The summed E-state index contributed by atoms with van der Waals surface area (Å²) in [6.45, 7) is 1.52. The van der Waals surface area contributed by atoms with E-state index in [-0.39, 0.29) is 125 Å². The lowest BCUT2D eigenvalue weighted by atomic mass is 9.96. The summed E-state index contributed by atoms with van der Waals surface area (Å²) in [5.74, 6) is -2.44. The molecule has 0 saturated carbocycles. The Bertz CT molecular complexity index is 1530. The number of hydrogen-bond acceptors (Lipinski definition) is 11. The van der Waals surface area contributed by atoms with Crippen molar-refractivity contribution in [2.45, 2.75) is 88.0 Å². The van der Waals surface area contributed by atoms with Crippen molar-refractivity contribution in [3.05, 3.63) is 53.6 Å². The largest absolute Gasteiger partial charge is 0.508 e. The lowest BCUT2D eigenvalue weighted by molar-refractivity contribution is -0.134. The topological polar surface area (TPSA) is 296 Å². The Morgan fingerprint density at radius 1 is 0.789 bits per heavy atom. The van der Waals surface area contributed by atoms with Crippen LogP contribution in [-0.2, 0) is 36.8 Å². The number of amides is 5. The molecule has 326 valence electrons. The number of rotatable bonds is 17. The molecule has 4 bridgehead atoms. The predicted octanol–water partition coefficient (Wildman–Crippen LogP) is 0.215. The molecule has 0 fully saturated rings. The minimum Gasteiger partial charge on any atom is -0.508 e. The number of hydrogen-bond donors (Lipinski definition) is 11. The van der Waals surface area contributed by atoms with Gasteiger partial charge in [0.1, 0.15) is 23.9 Å². The molecule has 3 rings (SSSR count). The number of carbonyl (C=O) groups excluding carboxylic acids is 5. The van der Waals surface area contributed by atoms with Crippen LogP contribution in [0.15, 0.2) is 42.5 Å². The molecule has 16 N–H and O–H groups in total. The predicted molar refractivity (Wildman–Crippen MR) is 234 cm³/mol. The number of aromatic hydroxyl groups is 1. The van der Waals surface area contributed by atoms with Gasteiger partial charge in [-0.3, -0.25) is 24.0 Å². The fraction of sp³-hybridized carbons (Fsp3) is 0.528. The van der Waals surface area contributed by atoms with Crippen LogP contribution in [0.5, 0.6) is 5.75 Å². The van der Waals surface area contributed by atoms with E-state index in [2.05, 4.69) is 26.6 Å². The van der Waals surface area contributed by atoms with Crippen molar-refractivity contribution in [2.75, 3.05) is 32.7 Å². The summed E-state index contributed by atoms with van der Waals surface area (Å²) in [5, 5.41) is 24.4. The Hall–Kier alpha value is -3.16. The number of phenolic OH excluding ortho intramolecular Hbond substituents is 1. The quantitative estimate of drug-likeness (QED) is 0.0955. The number of nitrogens with two attached hydrogens (primary N) is 5. The van der Waals surface area contributed by atoms with E-state index in [9.17, 15) is 29.1 Å². The van der Waals surface area contributed by atoms with Crippen LogP contribution in [-0.4, -0.2) is 97.6 Å². The summed E-state index contributed by atoms with van der Waals surface area (Å²) in [6.07, 6.45) is 2.51. The Kier molecular flexibility index (Phi) is 31.5. The van der Waals surface area contributed by atoms with Gasteiger partial charge in [-0.2, -0.15) is 0 Å². The molecular formula is C36H61Cl5N10O6. The van der Waals surface area contributed by atoms with Crippen molar-refractivity contribution < 1.29 is 29.1 Å². The second-order valence-electron chi connectivity index (χ2n) is 13.1. The highest BCUT2D eigenvalue weighted by Gasteiger charge is 2.31. The summed E-state index contributed by atoms with van der Waals surface area (Å²) in [4.78, 5) is 66.1. The zero-order valence-electron chi connectivity index (χ0n) is 31.7. The van der Waals surface area contributed by atoms with Gasteiger partial charge in [0.15, 0.2) is 0 Å². The molecule has 5 atom stereocenters. The third-order valence-electron chi connectivity index (χ3n) is 8.81. The zero-order chi connectivity index (χ0) is 38.0. The average molecular weight is 907 g/mol. The van der Waals surface area contributed by atoms with E-state index < -0.39 is 53.8 Å². The van der Waals surface area contributed by atoms with Crippen LogP contribution in [0.4, 0.5) is 0 Å². The maximum atomic E-state index is 14.0. The van der Waals surface area contributed by atoms with E-state index >= 15 is 0 Å². The monoisotopic (exact) mass is 904 g/mol. The first-order valence-corrected chi connectivity index (χ1v) is 17.9. The van der Waals surface area contributed by atoms with Gasteiger partial charge in [-0.05, 0) is 86.0 Å². The maximum Gasteiger partial charge on any atom is 0.243 e. The summed E-state index contributed by atoms with van der Waals surface area (Å²) in [7, 11) is 0. The summed E-state index contributed by atoms with van der Waals surface area (Å²) in [6, 6.07) is 7.82. The van der Waals surface area contributed by atoms with Gasteiger partial charge in [-0.15, -0.1) is 62.0 Å². The molecular weight excluding hydrogens is 846 g/mol. The highest BCUT2D eigenvalue weighted by atomic mass is 35.5. The van der Waals surface area contributed by atoms with E-state index in [1.165, 1.54) is 6.07 Å². The molecule has 1 heterocycles. The SMILES string of the molecule is Cl.Cl.Cl.Cl.Cl.NCCC[C@H](NC(=O)[C@@H]1Cc2cccc(c2)-c2ccc(O)c(c2)C[C@H](N)C(=O)N[C@@H](CCCN)C(=O)N1)C(=O)NCCC[C@H](N)CC(=O)NCCN. The molecule has 0 unspecified atom stereocenters. The van der Waals surface area contributed by atoms with Crippen LogP contribution in [0, 0.1) is 0 Å². The van der Waals surface area contributed by atoms with E-state index in [1.54, 1.807) is 12.1 Å². The molecule has 0 radical (unpaired) electrons. The number of nitrogens with one attached hydrogen (secondary N) is 5. The van der Waals surface area contributed by atoms with Gasteiger partial charge in [0, 0.05) is 44.9 Å². The molecule has 57 heavy (non-hydrogen) atoms. The second kappa shape index (κ2) is 30.9. The molecule has 5 amide bonds. The first kappa shape index (κ1) is 58.2. The van der Waals surface area contributed by atoms with Gasteiger partial charge in [0.05, 0.1) is 6.04 Å². The van der Waals surface area contributed by atoms with Gasteiger partial charge in [0.25, 0.3) is 0 Å². The van der Waals surface area contributed by atoms with Crippen LogP contribution in [0.2, 0.25) is 0 Å². The van der Waals surface area contributed by atoms with Gasteiger partial charge >= 0.3 is 0 Å². The lowest BCUT2D eigenvalue weighted by Crippen LogP contribution is -2.58. The molecule has 0 aromatic heterocycles. The molecule has 16 nitrogen and oxygen atoms in total. The van der Waals surface area contributed by atoms with Gasteiger partial charge in [-0.1, -0.05) is 30.3 Å². The molecule has 0 aliphatic carbocycles. The minimum atomic E-state index is -1.13. The number of phenols is 1. The van der Waals surface area contributed by atoms with Crippen LogP contribution in [0.1, 0.15) is 56.1 Å². The third-order valence-corrected chi connectivity index (χ3v) is 8.81. The van der Waals surface area contributed by atoms with Gasteiger partial charge in [0.2, 0.25) is 29.5 Å². The van der Waals surface area contributed by atoms with E-state index in [0.29, 0.717) is 44.3 Å². The maximum absolute atomic E-state index is 14.0. The first-order chi connectivity index (χ1) is 24.9. The lowest BCUT2D eigenvalue weighted by Gasteiger charge is -2.26. The fourth-order valence-electron chi connectivity index (χ4n) is 5.91. The molecule has 1 aliphatic rings. The molecule has 2 aromatic carbocycles. The zero-order valence-corrected chi connectivity index (χ0v) is 35.8. The van der Waals surface area contributed by atoms with Crippen molar-refractivity contribution in [1.29, 1.82) is 0 Å². The molecule has 1 aliphatic heterocycles. The molecule has 21 heteroatoms. The Balaban J connectivity index is -0.00000583. The second-order valence-corrected chi connectivity index (χ2v) is 13.1. The van der Waals surface area contributed by atoms with Crippen molar-refractivity contribution in [1.82, 2.24) is 26.6 Å². The standard InChI is InChI=1S/C36H56N10O6.5ClH/c37-12-2-8-28(34(50)43-15-4-7-26(40)21-32(48)42-16-14-39)45-36(52)30-18-22-5-1-6-23(17-22)24-10-11-31(47)25(19-24)20-27(41)33(49)44-29(9-3-13-38)35(51)46-30;;;;;/h1,5-6,10-11,17,19,26-30,47H,2-4,7-9,12-16,18,20-21,37-41H2,(H,42,48)(H,43,50)(H,44,49)(H,45,52)(H,46,51);5*1H/t26-,27-,28-,29-,30-;;;;;/m0...../s1. The van der Waals surface area contributed by atoms with Crippen LogP contribution >= 0.6 is 62.0 Å². The van der Waals surface area contributed by atoms with Gasteiger partial charge in [-0.25, -0.2) is 0 Å². The van der Waals surface area contributed by atoms with Crippen molar-refractivity contribution >= 4 is 91.6 Å². The van der Waals surface area contributed by atoms with Crippen molar-refractivity contribution in [3.8, 4) is 16.9 Å². The number of fused-ring (bicyclic) bond motifs is 5. The van der Waals surface area contributed by atoms with E-state index in [1.807, 2.05) is 24.3 Å². The van der Waals surface area contributed by atoms with Crippen molar-refractivity contribution in [3.63, 3.8) is 0 Å². The van der Waals surface area contributed by atoms with Gasteiger partial charge < -0.3 is 60.4 Å². The normalized spacial score (nSPS) is 17.2.